The lowest BCUT2D eigenvalue weighted by molar-refractivity contribution is 0.185. The molecule has 19 heavy (non-hydrogen) atoms. The van der Waals surface area contributed by atoms with Crippen LogP contribution in [0.2, 0.25) is 0 Å². The minimum atomic E-state index is 0.567. The van der Waals surface area contributed by atoms with Crippen LogP contribution in [0.15, 0.2) is 30.6 Å². The summed E-state index contributed by atoms with van der Waals surface area (Å²) in [6.07, 6.45) is 4.08. The molecule has 0 saturated heterocycles. The van der Waals surface area contributed by atoms with E-state index in [1.807, 2.05) is 35.2 Å². The number of ether oxygens (including phenoxy) is 1. The first-order valence-corrected chi connectivity index (χ1v) is 6.65. The van der Waals surface area contributed by atoms with Crippen molar-refractivity contribution in [3.63, 3.8) is 0 Å². The summed E-state index contributed by atoms with van der Waals surface area (Å²) in [7, 11) is 1.69. The summed E-state index contributed by atoms with van der Waals surface area (Å²) in [5.74, 6) is 0.733. The first kappa shape index (κ1) is 13.6. The van der Waals surface area contributed by atoms with E-state index in [4.69, 9.17) is 10.5 Å². The Balaban J connectivity index is 2.34. The van der Waals surface area contributed by atoms with Gasteiger partial charge in [0.2, 0.25) is 0 Å². The van der Waals surface area contributed by atoms with Crippen LogP contribution in [0.5, 0.6) is 0 Å². The molecule has 2 rings (SSSR count). The third kappa shape index (κ3) is 2.96. The Labute approximate surface area is 114 Å². The predicted molar refractivity (Wildman–Crippen MR) is 77.7 cm³/mol. The van der Waals surface area contributed by atoms with E-state index in [1.165, 1.54) is 0 Å². The third-order valence-electron chi connectivity index (χ3n) is 3.20. The Morgan fingerprint density at radius 2 is 2.11 bits per heavy atom. The molecular formula is C15H21N3O. The van der Waals surface area contributed by atoms with Crippen LogP contribution in [-0.2, 0) is 17.9 Å². The number of rotatable bonds is 6. The van der Waals surface area contributed by atoms with E-state index >= 15 is 0 Å². The highest BCUT2D eigenvalue weighted by Crippen LogP contribution is 2.28. The molecule has 102 valence electrons. The monoisotopic (exact) mass is 259 g/mol. The van der Waals surface area contributed by atoms with Crippen molar-refractivity contribution in [2.45, 2.75) is 32.9 Å². The van der Waals surface area contributed by atoms with Crippen LogP contribution < -0.4 is 5.73 Å². The number of unbranched alkanes of at least 4 members (excludes halogenated alkanes) is 1. The summed E-state index contributed by atoms with van der Waals surface area (Å²) in [4.78, 5) is 4.46. The van der Waals surface area contributed by atoms with E-state index in [2.05, 4.69) is 11.9 Å². The van der Waals surface area contributed by atoms with Crippen LogP contribution in [0.1, 0.15) is 25.3 Å². The largest absolute Gasteiger partial charge is 0.383 e. The normalized spacial score (nSPS) is 10.8. The van der Waals surface area contributed by atoms with Gasteiger partial charge in [-0.1, -0.05) is 37.6 Å². The molecule has 0 atom stereocenters. The summed E-state index contributed by atoms with van der Waals surface area (Å²) in [6.45, 7) is 3.65. The highest BCUT2D eigenvalue weighted by molar-refractivity contribution is 5.73. The van der Waals surface area contributed by atoms with Gasteiger partial charge in [0.1, 0.15) is 11.5 Å². The number of hydrogen-bond acceptors (Lipinski definition) is 3. The SMILES string of the molecule is CCCCn1cnc(-c2ccccc2COC)c1N. The highest BCUT2D eigenvalue weighted by atomic mass is 16.5. The summed E-state index contributed by atoms with van der Waals surface area (Å²) >= 11 is 0. The van der Waals surface area contributed by atoms with Gasteiger partial charge in [-0.25, -0.2) is 4.98 Å². The quantitative estimate of drug-likeness (QED) is 0.867. The molecule has 0 fully saturated rings. The summed E-state index contributed by atoms with van der Waals surface area (Å²) in [5, 5.41) is 0. The Morgan fingerprint density at radius 1 is 1.32 bits per heavy atom. The number of aryl methyl sites for hydroxylation is 1. The fourth-order valence-corrected chi connectivity index (χ4v) is 2.14. The van der Waals surface area contributed by atoms with Crippen molar-refractivity contribution in [2.75, 3.05) is 12.8 Å². The summed E-state index contributed by atoms with van der Waals surface area (Å²) in [5.41, 5.74) is 9.21. The molecule has 0 spiro atoms. The number of anilines is 1. The molecule has 4 heteroatoms. The van der Waals surface area contributed by atoms with Crippen molar-refractivity contribution >= 4 is 5.82 Å². The second kappa shape index (κ2) is 6.38. The standard InChI is InChI=1S/C15H21N3O/c1-3-4-9-18-11-17-14(15(18)16)13-8-6-5-7-12(13)10-19-2/h5-8,11H,3-4,9-10,16H2,1-2H3. The molecule has 2 N–H and O–H groups in total. The molecule has 4 nitrogen and oxygen atoms in total. The van der Waals surface area contributed by atoms with Crippen molar-refractivity contribution in [3.8, 4) is 11.3 Å². The molecule has 0 amide bonds. The van der Waals surface area contributed by atoms with Gasteiger partial charge in [0.15, 0.2) is 0 Å². The maximum Gasteiger partial charge on any atom is 0.131 e. The molecule has 0 aliphatic carbocycles. The third-order valence-corrected chi connectivity index (χ3v) is 3.20. The first-order chi connectivity index (χ1) is 9.27. The molecular weight excluding hydrogens is 238 g/mol. The van der Waals surface area contributed by atoms with Gasteiger partial charge >= 0.3 is 0 Å². The van der Waals surface area contributed by atoms with E-state index in [9.17, 15) is 0 Å². The van der Waals surface area contributed by atoms with Crippen LogP contribution in [0, 0.1) is 0 Å². The smallest absolute Gasteiger partial charge is 0.131 e. The predicted octanol–water partition coefficient (Wildman–Crippen LogP) is 3.08. The number of imidazole rings is 1. The van der Waals surface area contributed by atoms with Gasteiger partial charge in [0.25, 0.3) is 0 Å². The fraction of sp³-hybridized carbons (Fsp3) is 0.400. The molecule has 0 aliphatic heterocycles. The van der Waals surface area contributed by atoms with E-state index in [-0.39, 0.29) is 0 Å². The van der Waals surface area contributed by atoms with Crippen molar-refractivity contribution in [2.24, 2.45) is 0 Å². The van der Waals surface area contributed by atoms with Crippen molar-refractivity contribution < 1.29 is 4.74 Å². The first-order valence-electron chi connectivity index (χ1n) is 6.65. The van der Waals surface area contributed by atoms with E-state index in [0.717, 1.165) is 42.0 Å². The topological polar surface area (TPSA) is 53.1 Å². The molecule has 0 bridgehead atoms. The van der Waals surface area contributed by atoms with Crippen LogP contribution >= 0.6 is 0 Å². The Bertz CT molecular complexity index is 534. The van der Waals surface area contributed by atoms with Gasteiger partial charge in [-0.2, -0.15) is 0 Å². The van der Waals surface area contributed by atoms with Crippen LogP contribution in [-0.4, -0.2) is 16.7 Å². The van der Waals surface area contributed by atoms with Crippen LogP contribution in [0.25, 0.3) is 11.3 Å². The zero-order valence-corrected chi connectivity index (χ0v) is 11.6. The van der Waals surface area contributed by atoms with Crippen LogP contribution in [0.3, 0.4) is 0 Å². The molecule has 1 heterocycles. The number of hydrogen-bond donors (Lipinski definition) is 1. The zero-order chi connectivity index (χ0) is 13.7. The average Bonchev–Trinajstić information content (AvgIpc) is 2.79. The minimum Gasteiger partial charge on any atom is -0.383 e. The molecule has 1 aromatic heterocycles. The van der Waals surface area contributed by atoms with Gasteiger partial charge in [0.05, 0.1) is 12.9 Å². The second-order valence-electron chi connectivity index (χ2n) is 4.62. The molecule has 0 saturated carbocycles. The number of nitrogen functional groups attached to an aromatic ring is 1. The van der Waals surface area contributed by atoms with Crippen LogP contribution in [0.4, 0.5) is 5.82 Å². The lowest BCUT2D eigenvalue weighted by Gasteiger charge is -2.08. The van der Waals surface area contributed by atoms with Crippen molar-refractivity contribution in [3.05, 3.63) is 36.2 Å². The zero-order valence-electron chi connectivity index (χ0n) is 11.6. The molecule has 2 aromatic rings. The van der Waals surface area contributed by atoms with E-state index in [1.54, 1.807) is 7.11 Å². The fourth-order valence-electron chi connectivity index (χ4n) is 2.14. The van der Waals surface area contributed by atoms with Crippen molar-refractivity contribution in [1.82, 2.24) is 9.55 Å². The minimum absolute atomic E-state index is 0.567. The van der Waals surface area contributed by atoms with Gasteiger partial charge in [-0.15, -0.1) is 0 Å². The Kier molecular flexibility index (Phi) is 4.58. The number of nitrogens with two attached hydrogens (primary N) is 1. The second-order valence-corrected chi connectivity index (χ2v) is 4.62. The maximum atomic E-state index is 6.20. The van der Waals surface area contributed by atoms with E-state index in [0.29, 0.717) is 6.61 Å². The van der Waals surface area contributed by atoms with Gasteiger partial charge in [0, 0.05) is 19.2 Å². The Morgan fingerprint density at radius 3 is 2.84 bits per heavy atom. The van der Waals surface area contributed by atoms with E-state index < -0.39 is 0 Å². The average molecular weight is 259 g/mol. The highest BCUT2D eigenvalue weighted by Gasteiger charge is 2.12. The number of benzene rings is 1. The van der Waals surface area contributed by atoms with Gasteiger partial charge in [-0.05, 0) is 12.0 Å². The lowest BCUT2D eigenvalue weighted by atomic mass is 10.1. The maximum absolute atomic E-state index is 6.20. The lowest BCUT2D eigenvalue weighted by Crippen LogP contribution is -2.02. The van der Waals surface area contributed by atoms with Gasteiger partial charge < -0.3 is 15.0 Å². The molecule has 0 radical (unpaired) electrons. The number of nitrogens with zero attached hydrogens (tertiary/aromatic N) is 2. The number of aromatic nitrogens is 2. The number of methoxy groups -OCH3 is 1. The van der Waals surface area contributed by atoms with Gasteiger partial charge in [-0.3, -0.25) is 0 Å². The molecule has 1 aromatic carbocycles. The molecule has 0 aliphatic rings. The summed E-state index contributed by atoms with van der Waals surface area (Å²) < 4.78 is 7.24. The van der Waals surface area contributed by atoms with Crippen molar-refractivity contribution in [1.29, 1.82) is 0 Å². The molecule has 0 unspecified atom stereocenters. The summed E-state index contributed by atoms with van der Waals surface area (Å²) in [6, 6.07) is 8.08. The Hall–Kier alpha value is -1.81.